The first-order chi connectivity index (χ1) is 9.04. The van der Waals surface area contributed by atoms with E-state index in [-0.39, 0.29) is 16.8 Å². The van der Waals surface area contributed by atoms with Gasteiger partial charge in [-0.05, 0) is 37.3 Å². The van der Waals surface area contributed by atoms with Crippen molar-refractivity contribution >= 4 is 21.6 Å². The van der Waals surface area contributed by atoms with E-state index in [0.717, 1.165) is 5.56 Å². The minimum Gasteiger partial charge on any atom is -0.209 e. The number of alkyl halides is 1. The largest absolute Gasteiger partial charge is 0.241 e. The summed E-state index contributed by atoms with van der Waals surface area (Å²) in [5, 5.41) is -0.127. The van der Waals surface area contributed by atoms with Crippen molar-refractivity contribution in [1.29, 1.82) is 0 Å². The van der Waals surface area contributed by atoms with Gasteiger partial charge in [-0.2, -0.15) is 0 Å². The molecule has 0 heterocycles. The molecule has 1 aromatic rings. The van der Waals surface area contributed by atoms with Gasteiger partial charge in [0.15, 0.2) is 0 Å². The summed E-state index contributed by atoms with van der Waals surface area (Å²) in [5.74, 6) is 0. The van der Waals surface area contributed by atoms with E-state index >= 15 is 0 Å². The van der Waals surface area contributed by atoms with Crippen LogP contribution in [0.15, 0.2) is 29.2 Å². The molecule has 0 saturated carbocycles. The molecular formula is C15H24ClNO2S. The van der Waals surface area contributed by atoms with Crippen molar-refractivity contribution in [2.45, 2.75) is 57.4 Å². The van der Waals surface area contributed by atoms with E-state index in [1.807, 2.05) is 32.9 Å². The lowest BCUT2D eigenvalue weighted by Crippen LogP contribution is -2.31. The third-order valence-electron chi connectivity index (χ3n) is 2.99. The average Bonchev–Trinajstić information content (AvgIpc) is 2.26. The number of nitrogens with one attached hydrogen (secondary N) is 1. The zero-order chi connectivity index (χ0) is 15.6. The Morgan fingerprint density at radius 2 is 1.75 bits per heavy atom. The molecule has 0 aliphatic carbocycles. The maximum Gasteiger partial charge on any atom is 0.241 e. The molecule has 0 spiro atoms. The molecule has 5 heteroatoms. The topological polar surface area (TPSA) is 46.2 Å². The molecule has 0 fully saturated rings. The molecule has 0 radical (unpaired) electrons. The van der Waals surface area contributed by atoms with Gasteiger partial charge in [-0.15, -0.1) is 11.6 Å². The zero-order valence-corrected chi connectivity index (χ0v) is 14.3. The first-order valence-electron chi connectivity index (χ1n) is 6.78. The minimum absolute atomic E-state index is 0.0795. The first-order valence-corrected chi connectivity index (χ1v) is 8.70. The second-order valence-corrected chi connectivity index (χ2v) is 8.63. The fourth-order valence-corrected chi connectivity index (χ4v) is 3.48. The summed E-state index contributed by atoms with van der Waals surface area (Å²) in [6.07, 6.45) is 0.528. The summed E-state index contributed by atoms with van der Waals surface area (Å²) in [4.78, 5) is 0.323. The summed E-state index contributed by atoms with van der Waals surface area (Å²) in [5.41, 5.74) is 0.680. The fourth-order valence-electron chi connectivity index (χ4n) is 1.81. The first kappa shape index (κ1) is 17.5. The molecule has 0 aliphatic rings. The van der Waals surface area contributed by atoms with Gasteiger partial charge in [-0.1, -0.05) is 39.0 Å². The Hall–Kier alpha value is -0.580. The van der Waals surface area contributed by atoms with Gasteiger partial charge in [0.25, 0.3) is 0 Å². The maximum absolute atomic E-state index is 12.3. The fraction of sp³-hybridized carbons (Fsp3) is 0.600. The zero-order valence-electron chi connectivity index (χ0n) is 12.8. The Morgan fingerprint density at radius 1 is 1.20 bits per heavy atom. The Balaban J connectivity index is 3.12. The number of benzene rings is 1. The smallest absolute Gasteiger partial charge is 0.209 e. The van der Waals surface area contributed by atoms with Crippen LogP contribution in [-0.4, -0.2) is 19.8 Å². The van der Waals surface area contributed by atoms with Crippen LogP contribution in [0.3, 0.4) is 0 Å². The number of hydrogen-bond acceptors (Lipinski definition) is 2. The third-order valence-corrected chi connectivity index (χ3v) is 5.56. The van der Waals surface area contributed by atoms with E-state index < -0.39 is 10.0 Å². The normalized spacial score (nSPS) is 14.6. The highest BCUT2D eigenvalue weighted by Gasteiger charge is 2.26. The number of hydrogen-bond donors (Lipinski definition) is 1. The number of rotatable bonds is 5. The molecule has 0 bridgehead atoms. The standard InChI is InChI=1S/C15H24ClNO2S/c1-11(2)17-20(18,19)13-9-7-6-8-12(13)10-14(16)15(3,4)5/h6-9,11,14,17H,10H2,1-5H3. The van der Waals surface area contributed by atoms with Crippen molar-refractivity contribution in [2.24, 2.45) is 5.41 Å². The van der Waals surface area contributed by atoms with Gasteiger partial charge in [-0.25, -0.2) is 13.1 Å². The van der Waals surface area contributed by atoms with Crippen LogP contribution >= 0.6 is 11.6 Å². The molecule has 0 aromatic heterocycles. The van der Waals surface area contributed by atoms with E-state index in [2.05, 4.69) is 4.72 Å². The third kappa shape index (κ3) is 4.76. The Kier molecular flexibility index (Phi) is 5.64. The van der Waals surface area contributed by atoms with Crippen LogP contribution in [0.4, 0.5) is 0 Å². The Labute approximate surface area is 127 Å². The van der Waals surface area contributed by atoms with Crippen LogP contribution in [0, 0.1) is 5.41 Å². The highest BCUT2D eigenvalue weighted by molar-refractivity contribution is 7.89. The van der Waals surface area contributed by atoms with E-state index in [1.165, 1.54) is 0 Å². The van der Waals surface area contributed by atoms with Gasteiger partial charge in [0.2, 0.25) is 10.0 Å². The van der Waals surface area contributed by atoms with Crippen molar-refractivity contribution in [3.63, 3.8) is 0 Å². The molecule has 0 saturated heterocycles. The van der Waals surface area contributed by atoms with Crippen LogP contribution in [0.1, 0.15) is 40.2 Å². The molecule has 1 N–H and O–H groups in total. The van der Waals surface area contributed by atoms with Crippen LogP contribution in [-0.2, 0) is 16.4 Å². The number of halogens is 1. The van der Waals surface area contributed by atoms with Crippen molar-refractivity contribution in [3.05, 3.63) is 29.8 Å². The van der Waals surface area contributed by atoms with E-state index in [4.69, 9.17) is 11.6 Å². The molecule has 1 unspecified atom stereocenters. The Morgan fingerprint density at radius 3 is 2.25 bits per heavy atom. The van der Waals surface area contributed by atoms with Crippen molar-refractivity contribution in [2.75, 3.05) is 0 Å². The van der Waals surface area contributed by atoms with Crippen LogP contribution in [0.2, 0.25) is 0 Å². The summed E-state index contributed by atoms with van der Waals surface area (Å²) < 4.78 is 27.3. The quantitative estimate of drug-likeness (QED) is 0.844. The van der Waals surface area contributed by atoms with E-state index in [0.29, 0.717) is 11.3 Å². The van der Waals surface area contributed by atoms with E-state index in [1.54, 1.807) is 26.0 Å². The van der Waals surface area contributed by atoms with Gasteiger partial charge in [0.1, 0.15) is 0 Å². The summed E-state index contributed by atoms with van der Waals surface area (Å²) >= 11 is 6.40. The monoisotopic (exact) mass is 317 g/mol. The number of sulfonamides is 1. The van der Waals surface area contributed by atoms with Gasteiger partial charge >= 0.3 is 0 Å². The molecule has 0 aliphatic heterocycles. The van der Waals surface area contributed by atoms with Crippen molar-refractivity contribution in [1.82, 2.24) is 4.72 Å². The minimum atomic E-state index is -3.49. The van der Waals surface area contributed by atoms with E-state index in [9.17, 15) is 8.42 Å². The van der Waals surface area contributed by atoms with Gasteiger partial charge in [-0.3, -0.25) is 0 Å². The van der Waals surface area contributed by atoms with Gasteiger partial charge in [0.05, 0.1) is 4.90 Å². The van der Waals surface area contributed by atoms with Gasteiger partial charge < -0.3 is 0 Å². The SMILES string of the molecule is CC(C)NS(=O)(=O)c1ccccc1CC(Cl)C(C)(C)C. The van der Waals surface area contributed by atoms with Crippen LogP contribution in [0.5, 0.6) is 0 Å². The second-order valence-electron chi connectivity index (χ2n) is 6.42. The molecule has 3 nitrogen and oxygen atoms in total. The molecular weight excluding hydrogens is 294 g/mol. The average molecular weight is 318 g/mol. The lowest BCUT2D eigenvalue weighted by atomic mass is 9.88. The van der Waals surface area contributed by atoms with Gasteiger partial charge in [0, 0.05) is 11.4 Å². The van der Waals surface area contributed by atoms with Crippen LogP contribution in [0.25, 0.3) is 0 Å². The molecule has 20 heavy (non-hydrogen) atoms. The molecule has 1 aromatic carbocycles. The maximum atomic E-state index is 12.3. The molecule has 1 atom stereocenters. The van der Waals surface area contributed by atoms with Crippen molar-refractivity contribution < 1.29 is 8.42 Å². The molecule has 114 valence electrons. The summed E-state index contributed by atoms with van der Waals surface area (Å²) in [6, 6.07) is 6.90. The summed E-state index contributed by atoms with van der Waals surface area (Å²) in [7, 11) is -3.49. The second kappa shape index (κ2) is 6.46. The predicted molar refractivity (Wildman–Crippen MR) is 84.7 cm³/mol. The highest BCUT2D eigenvalue weighted by Crippen LogP contribution is 2.29. The Bertz CT molecular complexity index is 547. The predicted octanol–water partition coefficient (Wildman–Crippen LogP) is 3.57. The molecule has 1 rings (SSSR count). The molecule has 0 amide bonds. The lowest BCUT2D eigenvalue weighted by Gasteiger charge is -2.26. The highest BCUT2D eigenvalue weighted by atomic mass is 35.5. The van der Waals surface area contributed by atoms with Crippen molar-refractivity contribution in [3.8, 4) is 0 Å². The summed E-state index contributed by atoms with van der Waals surface area (Å²) in [6.45, 7) is 9.76. The van der Waals surface area contributed by atoms with Crippen LogP contribution < -0.4 is 4.72 Å². The lowest BCUT2D eigenvalue weighted by molar-refractivity contribution is 0.385.